The molecule has 0 radical (unpaired) electrons. The molecule has 0 spiro atoms. The van der Waals surface area contributed by atoms with E-state index in [2.05, 4.69) is 15.9 Å². The Kier molecular flexibility index (Phi) is 4.44. The van der Waals surface area contributed by atoms with Gasteiger partial charge in [-0.25, -0.2) is 0 Å². The first-order valence-electron chi connectivity index (χ1n) is 5.95. The molecule has 0 fully saturated rings. The number of carbonyl (C=O) groups is 1. The smallest absolute Gasteiger partial charge is 0.323 e. The average Bonchev–Trinajstić information content (AvgIpc) is 2.75. The molecule has 0 aliphatic carbocycles. The lowest BCUT2D eigenvalue weighted by Gasteiger charge is -2.07. The standard InChI is InChI=1S/C13H17N3O2S/c1-16-12-6-4-3-5-9(12)11(15-16)8-19-7-10(14)13(17)18-2/h3-6,10H,7-8,14H2,1-2H3. The fourth-order valence-corrected chi connectivity index (χ4v) is 2.81. The fraction of sp³-hybridized carbons (Fsp3) is 0.385. The van der Waals surface area contributed by atoms with E-state index in [1.165, 1.54) is 7.11 Å². The third-order valence-corrected chi connectivity index (χ3v) is 3.95. The van der Waals surface area contributed by atoms with E-state index in [0.717, 1.165) is 22.3 Å². The Balaban J connectivity index is 2.01. The monoisotopic (exact) mass is 279 g/mol. The number of nitrogens with two attached hydrogens (primary N) is 1. The van der Waals surface area contributed by atoms with Gasteiger partial charge in [-0.3, -0.25) is 9.48 Å². The number of para-hydroxylation sites is 1. The van der Waals surface area contributed by atoms with Gasteiger partial charge in [0.25, 0.3) is 0 Å². The van der Waals surface area contributed by atoms with Gasteiger partial charge in [-0.05, 0) is 6.07 Å². The van der Waals surface area contributed by atoms with Gasteiger partial charge in [0.15, 0.2) is 0 Å². The highest BCUT2D eigenvalue weighted by Crippen LogP contribution is 2.21. The molecular weight excluding hydrogens is 262 g/mol. The Morgan fingerprint density at radius 3 is 3.00 bits per heavy atom. The average molecular weight is 279 g/mol. The molecule has 0 aliphatic rings. The molecule has 0 amide bonds. The zero-order valence-corrected chi connectivity index (χ0v) is 11.8. The van der Waals surface area contributed by atoms with E-state index in [9.17, 15) is 4.79 Å². The lowest BCUT2D eigenvalue weighted by molar-refractivity contribution is -0.141. The number of nitrogens with zero attached hydrogens (tertiary/aromatic N) is 2. The van der Waals surface area contributed by atoms with E-state index < -0.39 is 6.04 Å². The van der Waals surface area contributed by atoms with E-state index in [4.69, 9.17) is 5.73 Å². The van der Waals surface area contributed by atoms with E-state index in [-0.39, 0.29) is 5.97 Å². The summed E-state index contributed by atoms with van der Waals surface area (Å²) in [5.41, 5.74) is 7.81. The minimum absolute atomic E-state index is 0.377. The minimum atomic E-state index is -0.579. The van der Waals surface area contributed by atoms with Gasteiger partial charge in [0.2, 0.25) is 0 Å². The van der Waals surface area contributed by atoms with Crippen molar-refractivity contribution in [3.8, 4) is 0 Å². The van der Waals surface area contributed by atoms with Crippen LogP contribution >= 0.6 is 11.8 Å². The number of rotatable bonds is 5. The van der Waals surface area contributed by atoms with Gasteiger partial charge >= 0.3 is 5.97 Å². The molecule has 1 aromatic heterocycles. The Labute approximate surface area is 116 Å². The number of hydrogen-bond donors (Lipinski definition) is 1. The molecule has 0 bridgehead atoms. The van der Waals surface area contributed by atoms with Gasteiger partial charge in [0.1, 0.15) is 6.04 Å². The van der Waals surface area contributed by atoms with Crippen molar-refractivity contribution in [2.45, 2.75) is 11.8 Å². The molecule has 19 heavy (non-hydrogen) atoms. The number of ether oxygens (including phenoxy) is 1. The first-order valence-corrected chi connectivity index (χ1v) is 7.10. The number of carbonyl (C=O) groups excluding carboxylic acids is 1. The molecule has 1 unspecified atom stereocenters. The van der Waals surface area contributed by atoms with Crippen molar-refractivity contribution in [1.29, 1.82) is 0 Å². The molecule has 2 rings (SSSR count). The molecule has 1 atom stereocenters. The Hall–Kier alpha value is -1.53. The number of aromatic nitrogens is 2. The SMILES string of the molecule is COC(=O)C(N)CSCc1nn(C)c2ccccc12. The number of benzene rings is 1. The molecule has 6 heteroatoms. The second-order valence-corrected chi connectivity index (χ2v) is 5.26. The van der Waals surface area contributed by atoms with Gasteiger partial charge in [0.05, 0.1) is 18.3 Å². The lowest BCUT2D eigenvalue weighted by atomic mass is 10.2. The van der Waals surface area contributed by atoms with Crippen molar-refractivity contribution < 1.29 is 9.53 Å². The van der Waals surface area contributed by atoms with Crippen LogP contribution in [0, 0.1) is 0 Å². The molecule has 2 aromatic rings. The summed E-state index contributed by atoms with van der Waals surface area (Å²) in [5, 5.41) is 5.63. The Morgan fingerprint density at radius 1 is 1.53 bits per heavy atom. The van der Waals surface area contributed by atoms with Gasteiger partial charge in [-0.1, -0.05) is 18.2 Å². The maximum atomic E-state index is 11.2. The van der Waals surface area contributed by atoms with E-state index in [1.54, 1.807) is 11.8 Å². The predicted octanol–water partition coefficient (Wildman–Crippen LogP) is 1.31. The van der Waals surface area contributed by atoms with Crippen LogP contribution in [0.5, 0.6) is 0 Å². The number of thioether (sulfide) groups is 1. The summed E-state index contributed by atoms with van der Waals surface area (Å²) in [6.07, 6.45) is 0. The van der Waals surface area contributed by atoms with Crippen LogP contribution in [-0.4, -0.2) is 34.7 Å². The van der Waals surface area contributed by atoms with Crippen molar-refractivity contribution in [3.05, 3.63) is 30.0 Å². The first kappa shape index (κ1) is 13.9. The third-order valence-electron chi connectivity index (χ3n) is 2.87. The molecule has 1 heterocycles. The summed E-state index contributed by atoms with van der Waals surface area (Å²) in [6, 6.07) is 7.51. The summed E-state index contributed by atoms with van der Waals surface area (Å²) in [6.45, 7) is 0. The number of hydrogen-bond acceptors (Lipinski definition) is 5. The maximum Gasteiger partial charge on any atom is 0.323 e. The Bertz CT molecular complexity index is 582. The third kappa shape index (κ3) is 3.08. The molecule has 0 saturated carbocycles. The van der Waals surface area contributed by atoms with Crippen LogP contribution in [0.25, 0.3) is 10.9 Å². The summed E-state index contributed by atoms with van der Waals surface area (Å²) in [4.78, 5) is 11.2. The van der Waals surface area contributed by atoms with Crippen LogP contribution in [0.15, 0.2) is 24.3 Å². The first-order chi connectivity index (χ1) is 9.13. The van der Waals surface area contributed by atoms with Gasteiger partial charge in [-0.15, -0.1) is 0 Å². The molecule has 102 valence electrons. The molecule has 0 aliphatic heterocycles. The lowest BCUT2D eigenvalue weighted by Crippen LogP contribution is -2.33. The van der Waals surface area contributed by atoms with Gasteiger partial charge in [-0.2, -0.15) is 16.9 Å². The van der Waals surface area contributed by atoms with Crippen LogP contribution in [0.1, 0.15) is 5.69 Å². The van der Waals surface area contributed by atoms with E-state index in [1.807, 2.05) is 29.9 Å². The second kappa shape index (κ2) is 6.08. The summed E-state index contributed by atoms with van der Waals surface area (Å²) < 4.78 is 6.46. The summed E-state index contributed by atoms with van der Waals surface area (Å²) in [7, 11) is 3.27. The topological polar surface area (TPSA) is 70.1 Å². The van der Waals surface area contributed by atoms with E-state index in [0.29, 0.717) is 5.75 Å². The predicted molar refractivity (Wildman–Crippen MR) is 76.9 cm³/mol. The number of methoxy groups -OCH3 is 1. The normalized spacial score (nSPS) is 12.6. The fourth-order valence-electron chi connectivity index (χ4n) is 1.90. The molecule has 1 aromatic carbocycles. The number of fused-ring (bicyclic) bond motifs is 1. The van der Waals surface area contributed by atoms with Crippen LogP contribution < -0.4 is 5.73 Å². The van der Waals surface area contributed by atoms with E-state index >= 15 is 0 Å². The van der Waals surface area contributed by atoms with Crippen molar-refractivity contribution in [1.82, 2.24) is 9.78 Å². The quantitative estimate of drug-likeness (QED) is 0.836. The Morgan fingerprint density at radius 2 is 2.26 bits per heavy atom. The zero-order valence-electron chi connectivity index (χ0n) is 11.0. The molecular formula is C13H17N3O2S. The highest BCUT2D eigenvalue weighted by Gasteiger charge is 2.14. The summed E-state index contributed by atoms with van der Waals surface area (Å²) in [5.74, 6) is 0.877. The highest BCUT2D eigenvalue weighted by molar-refractivity contribution is 7.98. The van der Waals surface area contributed by atoms with Gasteiger partial charge in [0, 0.05) is 23.9 Å². The van der Waals surface area contributed by atoms with Crippen molar-refractivity contribution in [2.75, 3.05) is 12.9 Å². The second-order valence-electron chi connectivity index (χ2n) is 4.23. The summed E-state index contributed by atoms with van der Waals surface area (Å²) >= 11 is 1.58. The van der Waals surface area contributed by atoms with Crippen molar-refractivity contribution >= 4 is 28.6 Å². The van der Waals surface area contributed by atoms with Crippen molar-refractivity contribution in [2.24, 2.45) is 12.8 Å². The van der Waals surface area contributed by atoms with Crippen LogP contribution in [0.4, 0.5) is 0 Å². The van der Waals surface area contributed by atoms with Crippen LogP contribution in [-0.2, 0) is 22.3 Å². The number of aryl methyl sites for hydroxylation is 1. The van der Waals surface area contributed by atoms with Crippen LogP contribution in [0.2, 0.25) is 0 Å². The number of esters is 1. The highest BCUT2D eigenvalue weighted by atomic mass is 32.2. The molecule has 5 nitrogen and oxygen atoms in total. The minimum Gasteiger partial charge on any atom is -0.468 e. The molecule has 2 N–H and O–H groups in total. The van der Waals surface area contributed by atoms with Gasteiger partial charge < -0.3 is 10.5 Å². The maximum absolute atomic E-state index is 11.2. The molecule has 0 saturated heterocycles. The zero-order chi connectivity index (χ0) is 13.8. The van der Waals surface area contributed by atoms with Crippen LogP contribution in [0.3, 0.4) is 0 Å². The largest absolute Gasteiger partial charge is 0.468 e. The van der Waals surface area contributed by atoms with Crippen molar-refractivity contribution in [3.63, 3.8) is 0 Å².